The summed E-state index contributed by atoms with van der Waals surface area (Å²) in [4.78, 5) is 19.7. The Kier molecular flexibility index (Phi) is 4.07. The van der Waals surface area contributed by atoms with Crippen LogP contribution in [0.4, 0.5) is 0 Å². The molecule has 2 rings (SSSR count). The second-order valence-electron chi connectivity index (χ2n) is 4.06. The Hall–Kier alpha value is -2.43. The Balaban J connectivity index is 2.04. The molecule has 0 aliphatic heterocycles. The summed E-state index contributed by atoms with van der Waals surface area (Å²) >= 11 is 0. The van der Waals surface area contributed by atoms with E-state index in [0.29, 0.717) is 5.69 Å². The number of hydrogen-bond donors (Lipinski definition) is 1. The summed E-state index contributed by atoms with van der Waals surface area (Å²) in [5.41, 5.74) is 1.31. The van der Waals surface area contributed by atoms with Gasteiger partial charge in [0.05, 0.1) is 19.3 Å². The molecule has 0 saturated carbocycles. The molecule has 1 amide bonds. The summed E-state index contributed by atoms with van der Waals surface area (Å²) in [5, 5.41) is 2.87. The number of nitrogens with zero attached hydrogens (tertiary/aromatic N) is 2. The van der Waals surface area contributed by atoms with Crippen LogP contribution in [0.3, 0.4) is 0 Å². The Morgan fingerprint density at radius 3 is 2.58 bits per heavy atom. The van der Waals surface area contributed by atoms with Crippen LogP contribution in [-0.2, 0) is 0 Å². The van der Waals surface area contributed by atoms with Crippen molar-refractivity contribution in [2.45, 2.75) is 13.0 Å². The van der Waals surface area contributed by atoms with Gasteiger partial charge in [0.15, 0.2) is 0 Å². The monoisotopic (exact) mass is 257 g/mol. The summed E-state index contributed by atoms with van der Waals surface area (Å²) in [6, 6.07) is 7.45. The number of hydrogen-bond acceptors (Lipinski definition) is 4. The van der Waals surface area contributed by atoms with Crippen molar-refractivity contribution in [1.82, 2.24) is 15.3 Å². The van der Waals surface area contributed by atoms with E-state index in [1.165, 1.54) is 18.6 Å². The molecule has 0 radical (unpaired) electrons. The van der Waals surface area contributed by atoms with E-state index in [4.69, 9.17) is 4.74 Å². The highest BCUT2D eigenvalue weighted by Crippen LogP contribution is 2.17. The maximum absolute atomic E-state index is 11.9. The van der Waals surface area contributed by atoms with Gasteiger partial charge in [-0.05, 0) is 24.6 Å². The topological polar surface area (TPSA) is 64.1 Å². The second kappa shape index (κ2) is 5.95. The van der Waals surface area contributed by atoms with Gasteiger partial charge < -0.3 is 10.1 Å². The quantitative estimate of drug-likeness (QED) is 0.909. The zero-order valence-electron chi connectivity index (χ0n) is 10.8. The van der Waals surface area contributed by atoms with Gasteiger partial charge in [0.25, 0.3) is 5.91 Å². The molecule has 98 valence electrons. The van der Waals surface area contributed by atoms with E-state index in [-0.39, 0.29) is 11.9 Å². The van der Waals surface area contributed by atoms with Crippen molar-refractivity contribution in [3.8, 4) is 5.75 Å². The molecule has 0 aliphatic rings. The summed E-state index contributed by atoms with van der Waals surface area (Å²) in [7, 11) is 1.62. The van der Waals surface area contributed by atoms with Crippen molar-refractivity contribution in [2.24, 2.45) is 0 Å². The van der Waals surface area contributed by atoms with Gasteiger partial charge >= 0.3 is 0 Å². The molecule has 0 spiro atoms. The molecule has 19 heavy (non-hydrogen) atoms. The number of amides is 1. The molecular formula is C14H15N3O2. The van der Waals surface area contributed by atoms with Crippen LogP contribution in [0.5, 0.6) is 5.75 Å². The van der Waals surface area contributed by atoms with E-state index in [2.05, 4.69) is 15.3 Å². The molecular weight excluding hydrogens is 242 g/mol. The van der Waals surface area contributed by atoms with Crippen molar-refractivity contribution in [3.05, 3.63) is 54.1 Å². The van der Waals surface area contributed by atoms with Gasteiger partial charge in [-0.25, -0.2) is 4.98 Å². The number of nitrogens with one attached hydrogen (secondary N) is 1. The number of benzene rings is 1. The first-order valence-corrected chi connectivity index (χ1v) is 5.91. The van der Waals surface area contributed by atoms with Gasteiger partial charge in [0.2, 0.25) is 0 Å². The van der Waals surface area contributed by atoms with Crippen molar-refractivity contribution < 1.29 is 9.53 Å². The molecule has 0 aliphatic carbocycles. The minimum Gasteiger partial charge on any atom is -0.497 e. The molecule has 5 heteroatoms. The van der Waals surface area contributed by atoms with Crippen LogP contribution < -0.4 is 10.1 Å². The number of rotatable bonds is 4. The molecule has 1 aromatic carbocycles. The van der Waals surface area contributed by atoms with Gasteiger partial charge in [0, 0.05) is 12.4 Å². The molecule has 0 bridgehead atoms. The van der Waals surface area contributed by atoms with Crippen LogP contribution in [-0.4, -0.2) is 23.0 Å². The standard InChI is InChI=1S/C14H15N3O2/c1-10(11-3-5-12(19-2)6-4-11)17-14(18)13-9-15-7-8-16-13/h3-10H,1-2H3,(H,17,18)/t10-/m1/s1. The lowest BCUT2D eigenvalue weighted by atomic mass is 10.1. The molecule has 1 N–H and O–H groups in total. The summed E-state index contributed by atoms with van der Waals surface area (Å²) in [6.45, 7) is 1.91. The average Bonchev–Trinajstić information content (AvgIpc) is 2.48. The maximum atomic E-state index is 11.9. The van der Waals surface area contributed by atoms with E-state index in [9.17, 15) is 4.79 Å². The Morgan fingerprint density at radius 1 is 1.26 bits per heavy atom. The summed E-state index contributed by atoms with van der Waals surface area (Å²) in [5.74, 6) is 0.549. The van der Waals surface area contributed by atoms with Gasteiger partial charge in [-0.1, -0.05) is 12.1 Å². The number of methoxy groups -OCH3 is 1. The lowest BCUT2D eigenvalue weighted by molar-refractivity contribution is 0.0934. The number of carbonyl (C=O) groups excluding carboxylic acids is 1. The van der Waals surface area contributed by atoms with E-state index in [1.54, 1.807) is 7.11 Å². The zero-order chi connectivity index (χ0) is 13.7. The lowest BCUT2D eigenvalue weighted by Crippen LogP contribution is -2.27. The maximum Gasteiger partial charge on any atom is 0.271 e. The minimum atomic E-state index is -0.239. The van der Waals surface area contributed by atoms with E-state index >= 15 is 0 Å². The predicted octanol–water partition coefficient (Wildman–Crippen LogP) is 1.98. The lowest BCUT2D eigenvalue weighted by Gasteiger charge is -2.14. The van der Waals surface area contributed by atoms with E-state index < -0.39 is 0 Å². The van der Waals surface area contributed by atoms with Crippen molar-refractivity contribution in [3.63, 3.8) is 0 Å². The first-order chi connectivity index (χ1) is 9.20. The van der Waals surface area contributed by atoms with Crippen LogP contribution in [0, 0.1) is 0 Å². The number of carbonyl (C=O) groups is 1. The largest absolute Gasteiger partial charge is 0.497 e. The van der Waals surface area contributed by atoms with Crippen LogP contribution in [0.25, 0.3) is 0 Å². The van der Waals surface area contributed by atoms with E-state index in [0.717, 1.165) is 11.3 Å². The number of aromatic nitrogens is 2. The highest BCUT2D eigenvalue weighted by Gasteiger charge is 2.12. The Labute approximate surface area is 111 Å². The van der Waals surface area contributed by atoms with Gasteiger partial charge in [-0.3, -0.25) is 9.78 Å². The van der Waals surface area contributed by atoms with Crippen molar-refractivity contribution in [2.75, 3.05) is 7.11 Å². The third-order valence-corrected chi connectivity index (χ3v) is 2.76. The molecule has 2 aromatic rings. The molecule has 5 nitrogen and oxygen atoms in total. The normalized spacial score (nSPS) is 11.7. The molecule has 1 aromatic heterocycles. The van der Waals surface area contributed by atoms with Gasteiger partial charge in [-0.15, -0.1) is 0 Å². The zero-order valence-corrected chi connectivity index (χ0v) is 10.8. The van der Waals surface area contributed by atoms with E-state index in [1.807, 2.05) is 31.2 Å². The first kappa shape index (κ1) is 13.0. The third kappa shape index (κ3) is 3.28. The number of ether oxygens (including phenoxy) is 1. The molecule has 0 saturated heterocycles. The Morgan fingerprint density at radius 2 is 2.00 bits per heavy atom. The molecule has 0 fully saturated rings. The van der Waals surface area contributed by atoms with Crippen LogP contribution in [0.15, 0.2) is 42.9 Å². The fourth-order valence-electron chi connectivity index (χ4n) is 1.66. The fourth-order valence-corrected chi connectivity index (χ4v) is 1.66. The summed E-state index contributed by atoms with van der Waals surface area (Å²) < 4.78 is 5.09. The molecule has 1 heterocycles. The van der Waals surface area contributed by atoms with Crippen LogP contribution in [0.2, 0.25) is 0 Å². The fraction of sp³-hybridized carbons (Fsp3) is 0.214. The van der Waals surface area contributed by atoms with Crippen molar-refractivity contribution >= 4 is 5.91 Å². The third-order valence-electron chi connectivity index (χ3n) is 2.76. The van der Waals surface area contributed by atoms with Crippen LogP contribution >= 0.6 is 0 Å². The summed E-state index contributed by atoms with van der Waals surface area (Å²) in [6.07, 6.45) is 4.46. The first-order valence-electron chi connectivity index (χ1n) is 5.91. The highest BCUT2D eigenvalue weighted by molar-refractivity contribution is 5.92. The van der Waals surface area contributed by atoms with Crippen molar-refractivity contribution in [1.29, 1.82) is 0 Å². The minimum absolute atomic E-state index is 0.111. The molecule has 0 unspecified atom stereocenters. The van der Waals surface area contributed by atoms with Gasteiger partial charge in [0.1, 0.15) is 11.4 Å². The van der Waals surface area contributed by atoms with Crippen LogP contribution in [0.1, 0.15) is 29.0 Å². The average molecular weight is 257 g/mol. The highest BCUT2D eigenvalue weighted by atomic mass is 16.5. The second-order valence-corrected chi connectivity index (χ2v) is 4.06. The van der Waals surface area contributed by atoms with Gasteiger partial charge in [-0.2, -0.15) is 0 Å². The SMILES string of the molecule is COc1ccc([C@@H](C)NC(=O)c2cnccn2)cc1. The smallest absolute Gasteiger partial charge is 0.271 e. The molecule has 1 atom stereocenters. The Bertz CT molecular complexity index is 540. The predicted molar refractivity (Wildman–Crippen MR) is 70.9 cm³/mol.